The van der Waals surface area contributed by atoms with Crippen molar-refractivity contribution in [3.05, 3.63) is 88.5 Å². The Balaban J connectivity index is 1.65. The molecule has 0 aromatic heterocycles. The molecule has 0 saturated carbocycles. The van der Waals surface area contributed by atoms with Gasteiger partial charge in [0.2, 0.25) is 0 Å². The van der Waals surface area contributed by atoms with E-state index in [2.05, 4.69) is 11.4 Å². The van der Waals surface area contributed by atoms with Crippen LogP contribution in [0.15, 0.2) is 71.6 Å². The maximum atomic E-state index is 13.2. The number of fused-ring (bicyclic) bond motifs is 1. The van der Waals surface area contributed by atoms with Crippen molar-refractivity contribution in [1.29, 1.82) is 0 Å². The monoisotopic (exact) mass is 449 g/mol. The molecule has 0 fully saturated rings. The molecule has 1 heterocycles. The predicted octanol–water partition coefficient (Wildman–Crippen LogP) is 5.04. The number of benzene rings is 2. The van der Waals surface area contributed by atoms with Crippen LogP contribution in [0.2, 0.25) is 0 Å². The van der Waals surface area contributed by atoms with Gasteiger partial charge in [0.25, 0.3) is 0 Å². The highest BCUT2D eigenvalue weighted by molar-refractivity contribution is 5.96. The molecule has 0 saturated heterocycles. The molecule has 0 spiro atoms. The summed E-state index contributed by atoms with van der Waals surface area (Å²) in [5.74, 6) is -0.909. The lowest BCUT2D eigenvalue weighted by Crippen LogP contribution is -2.43. The van der Waals surface area contributed by atoms with Gasteiger partial charge in [0.1, 0.15) is 24.0 Å². The van der Waals surface area contributed by atoms with Crippen LogP contribution in [-0.4, -0.2) is 18.9 Å². The van der Waals surface area contributed by atoms with Gasteiger partial charge in [0.05, 0.1) is 18.6 Å². The number of rotatable bonds is 5. The van der Waals surface area contributed by atoms with Gasteiger partial charge in [-0.3, -0.25) is 4.79 Å². The van der Waals surface area contributed by atoms with Crippen molar-refractivity contribution in [3.63, 3.8) is 0 Å². The van der Waals surface area contributed by atoms with Crippen molar-refractivity contribution in [2.75, 3.05) is 7.11 Å². The lowest BCUT2D eigenvalue weighted by Gasteiger charge is -2.41. The fourth-order valence-corrected chi connectivity index (χ4v) is 4.73. The molecule has 0 bridgehead atoms. The van der Waals surface area contributed by atoms with E-state index in [1.807, 2.05) is 45.0 Å². The van der Waals surface area contributed by atoms with Crippen LogP contribution in [0, 0.1) is 17.2 Å². The summed E-state index contributed by atoms with van der Waals surface area (Å²) in [6.07, 6.45) is 2.51. The highest BCUT2D eigenvalue weighted by atomic mass is 19.1. The fraction of sp³-hybridized carbons (Fsp3) is 0.333. The maximum absolute atomic E-state index is 13.2. The average molecular weight is 450 g/mol. The summed E-state index contributed by atoms with van der Waals surface area (Å²) in [5.41, 5.74) is 3.44. The first-order valence-electron chi connectivity index (χ1n) is 11.0. The van der Waals surface area contributed by atoms with E-state index in [0.29, 0.717) is 30.0 Å². The van der Waals surface area contributed by atoms with E-state index in [0.717, 1.165) is 16.8 Å². The molecule has 1 aliphatic heterocycles. The molecule has 172 valence electrons. The topological polar surface area (TPSA) is 64.6 Å². The van der Waals surface area contributed by atoms with E-state index in [4.69, 9.17) is 9.47 Å². The van der Waals surface area contributed by atoms with Crippen LogP contribution in [-0.2, 0) is 20.9 Å². The number of allylic oxidation sites excluding steroid dienone is 3. The van der Waals surface area contributed by atoms with Gasteiger partial charge >= 0.3 is 5.97 Å². The summed E-state index contributed by atoms with van der Waals surface area (Å²) in [6, 6.07) is 13.6. The SMILES string of the molecule is COC(=O)C1=C(C)NC2=CC(C)(C)CC(=O)C2C1c1ccc(OCc2ccc(F)cc2)cc1. The van der Waals surface area contributed by atoms with E-state index in [-0.39, 0.29) is 17.0 Å². The molecule has 33 heavy (non-hydrogen) atoms. The van der Waals surface area contributed by atoms with Crippen LogP contribution in [0.4, 0.5) is 4.39 Å². The van der Waals surface area contributed by atoms with Crippen molar-refractivity contribution in [2.45, 2.75) is 39.7 Å². The molecular weight excluding hydrogens is 421 g/mol. The first-order valence-corrected chi connectivity index (χ1v) is 11.0. The Bertz CT molecular complexity index is 1130. The summed E-state index contributed by atoms with van der Waals surface area (Å²) in [5, 5.41) is 3.29. The summed E-state index contributed by atoms with van der Waals surface area (Å²) in [4.78, 5) is 26.0. The number of hydrogen-bond acceptors (Lipinski definition) is 5. The quantitative estimate of drug-likeness (QED) is 0.648. The van der Waals surface area contributed by atoms with Crippen LogP contribution in [0.1, 0.15) is 44.2 Å². The van der Waals surface area contributed by atoms with E-state index in [1.54, 1.807) is 12.1 Å². The van der Waals surface area contributed by atoms with Gasteiger partial charge in [-0.25, -0.2) is 9.18 Å². The first kappa shape index (κ1) is 22.8. The van der Waals surface area contributed by atoms with Crippen molar-refractivity contribution in [1.82, 2.24) is 5.32 Å². The van der Waals surface area contributed by atoms with Gasteiger partial charge in [-0.1, -0.05) is 44.2 Å². The van der Waals surface area contributed by atoms with Crippen molar-refractivity contribution in [3.8, 4) is 5.75 Å². The van der Waals surface area contributed by atoms with Gasteiger partial charge in [-0.05, 0) is 47.7 Å². The van der Waals surface area contributed by atoms with E-state index < -0.39 is 17.8 Å². The van der Waals surface area contributed by atoms with Crippen LogP contribution >= 0.6 is 0 Å². The zero-order chi connectivity index (χ0) is 23.8. The van der Waals surface area contributed by atoms with Crippen molar-refractivity contribution in [2.24, 2.45) is 11.3 Å². The predicted molar refractivity (Wildman–Crippen MR) is 123 cm³/mol. The number of hydrogen-bond donors (Lipinski definition) is 1. The molecule has 2 aromatic rings. The fourth-order valence-electron chi connectivity index (χ4n) is 4.73. The third-order valence-electron chi connectivity index (χ3n) is 6.20. The van der Waals surface area contributed by atoms with Gasteiger partial charge in [0.15, 0.2) is 0 Å². The number of carbonyl (C=O) groups is 2. The standard InChI is InChI=1S/C27H28FNO4/c1-16-23(26(31)32-4)24(25-21(29-16)13-27(2,3)14-22(25)30)18-7-11-20(12-8-18)33-15-17-5-9-19(28)10-6-17/h5-13,24-25,29H,14-15H2,1-4H3. The lowest BCUT2D eigenvalue weighted by molar-refractivity contribution is -0.136. The molecule has 1 N–H and O–H groups in total. The minimum absolute atomic E-state index is 0.0977. The summed E-state index contributed by atoms with van der Waals surface area (Å²) >= 11 is 0. The van der Waals surface area contributed by atoms with Gasteiger partial charge in [-0.2, -0.15) is 0 Å². The van der Waals surface area contributed by atoms with Crippen molar-refractivity contribution >= 4 is 11.8 Å². The minimum atomic E-state index is -0.471. The van der Waals surface area contributed by atoms with Crippen LogP contribution in [0.3, 0.4) is 0 Å². The normalized spacial score (nSPS) is 21.6. The second-order valence-electron chi connectivity index (χ2n) is 9.33. The van der Waals surface area contributed by atoms with E-state index in [9.17, 15) is 14.0 Å². The first-order chi connectivity index (χ1) is 15.7. The Morgan fingerprint density at radius 2 is 1.76 bits per heavy atom. The number of methoxy groups -OCH3 is 1. The maximum Gasteiger partial charge on any atom is 0.336 e. The highest BCUT2D eigenvalue weighted by Gasteiger charge is 2.46. The summed E-state index contributed by atoms with van der Waals surface area (Å²) in [6.45, 7) is 6.21. The average Bonchev–Trinajstić information content (AvgIpc) is 2.77. The Hall–Kier alpha value is -3.41. The van der Waals surface area contributed by atoms with Gasteiger partial charge in [-0.15, -0.1) is 0 Å². The molecule has 5 nitrogen and oxygen atoms in total. The number of nitrogens with one attached hydrogen (secondary N) is 1. The van der Waals surface area contributed by atoms with Crippen LogP contribution in [0.5, 0.6) is 5.75 Å². The number of carbonyl (C=O) groups excluding carboxylic acids is 2. The molecular formula is C27H28FNO4. The third-order valence-corrected chi connectivity index (χ3v) is 6.20. The molecule has 4 rings (SSSR count). The number of halogens is 1. The van der Waals surface area contributed by atoms with Gasteiger partial charge in [0, 0.05) is 23.7 Å². The Morgan fingerprint density at radius 3 is 2.39 bits per heavy atom. The number of ether oxygens (including phenoxy) is 2. The minimum Gasteiger partial charge on any atom is -0.489 e. The molecule has 2 aromatic carbocycles. The molecule has 2 atom stereocenters. The summed E-state index contributed by atoms with van der Waals surface area (Å²) < 4.78 is 24.0. The largest absolute Gasteiger partial charge is 0.489 e. The van der Waals surface area contributed by atoms with Crippen LogP contribution in [0.25, 0.3) is 0 Å². The molecule has 6 heteroatoms. The highest BCUT2D eigenvalue weighted by Crippen LogP contribution is 2.47. The molecule has 0 amide bonds. The number of esters is 1. The Kier molecular flexibility index (Phi) is 6.11. The van der Waals surface area contributed by atoms with E-state index >= 15 is 0 Å². The van der Waals surface area contributed by atoms with E-state index in [1.165, 1.54) is 19.2 Å². The van der Waals surface area contributed by atoms with Gasteiger partial charge < -0.3 is 14.8 Å². The Morgan fingerprint density at radius 1 is 1.09 bits per heavy atom. The second-order valence-corrected chi connectivity index (χ2v) is 9.33. The van der Waals surface area contributed by atoms with Crippen molar-refractivity contribution < 1.29 is 23.5 Å². The molecule has 2 aliphatic rings. The molecule has 0 radical (unpaired) electrons. The lowest BCUT2D eigenvalue weighted by atomic mass is 9.66. The number of ketones is 1. The second kappa shape index (κ2) is 8.85. The van der Waals surface area contributed by atoms with Crippen LogP contribution < -0.4 is 10.1 Å². The Labute approximate surface area is 193 Å². The zero-order valence-corrected chi connectivity index (χ0v) is 19.3. The smallest absolute Gasteiger partial charge is 0.336 e. The zero-order valence-electron chi connectivity index (χ0n) is 19.3. The summed E-state index contributed by atoms with van der Waals surface area (Å²) in [7, 11) is 1.35. The molecule has 2 unspecified atom stereocenters. The third kappa shape index (κ3) is 4.70. The molecule has 1 aliphatic carbocycles. The number of Topliss-reactive ketones (excluding diaryl/α,β-unsaturated/α-hetero) is 1.